The largest absolute Gasteiger partial charge is 0.453 e. The second-order valence-corrected chi connectivity index (χ2v) is 3.51. The SMILES string of the molecule is OCCCNc1ccc2nnc(C(F)(F)F)n2n1. The Labute approximate surface area is 99.4 Å². The quantitative estimate of drug-likeness (QED) is 0.801. The van der Waals surface area contributed by atoms with Gasteiger partial charge in [0, 0.05) is 13.2 Å². The Morgan fingerprint density at radius 3 is 2.72 bits per heavy atom. The van der Waals surface area contributed by atoms with Gasteiger partial charge in [-0.1, -0.05) is 0 Å². The minimum atomic E-state index is -4.60. The van der Waals surface area contributed by atoms with Gasteiger partial charge in [0.25, 0.3) is 5.82 Å². The zero-order chi connectivity index (χ0) is 13.2. The van der Waals surface area contributed by atoms with Crippen LogP contribution in [0.1, 0.15) is 12.2 Å². The van der Waals surface area contributed by atoms with Crippen molar-refractivity contribution in [3.63, 3.8) is 0 Å². The van der Waals surface area contributed by atoms with E-state index >= 15 is 0 Å². The van der Waals surface area contributed by atoms with Gasteiger partial charge in [0.05, 0.1) is 0 Å². The van der Waals surface area contributed by atoms with Gasteiger partial charge in [0.15, 0.2) is 5.65 Å². The first-order valence-electron chi connectivity index (χ1n) is 5.17. The first kappa shape index (κ1) is 12.6. The van der Waals surface area contributed by atoms with Crippen molar-refractivity contribution < 1.29 is 18.3 Å². The maximum absolute atomic E-state index is 12.6. The van der Waals surface area contributed by atoms with Crippen LogP contribution in [0.4, 0.5) is 19.0 Å². The minimum Gasteiger partial charge on any atom is -0.396 e. The van der Waals surface area contributed by atoms with Crippen molar-refractivity contribution in [3.8, 4) is 0 Å². The molecule has 2 N–H and O–H groups in total. The Morgan fingerprint density at radius 1 is 1.28 bits per heavy atom. The molecule has 0 radical (unpaired) electrons. The number of alkyl halides is 3. The lowest BCUT2D eigenvalue weighted by molar-refractivity contribution is -0.146. The lowest BCUT2D eigenvalue weighted by Crippen LogP contribution is -2.14. The summed E-state index contributed by atoms with van der Waals surface area (Å²) in [5.74, 6) is -0.899. The number of aromatic nitrogens is 4. The molecule has 0 spiro atoms. The van der Waals surface area contributed by atoms with Crippen molar-refractivity contribution in [1.29, 1.82) is 0 Å². The van der Waals surface area contributed by atoms with Gasteiger partial charge in [-0.25, -0.2) is 0 Å². The molecule has 0 bridgehead atoms. The fourth-order valence-corrected chi connectivity index (χ4v) is 1.36. The molecule has 0 saturated heterocycles. The summed E-state index contributed by atoms with van der Waals surface area (Å²) in [5.41, 5.74) is 0.0232. The standard InChI is InChI=1S/C9H10F3N5O/c10-9(11,12)8-15-14-7-3-2-6(16-17(7)8)13-4-1-5-18/h2-3,18H,1,4-5H2,(H,13,16). The number of aliphatic hydroxyl groups is 1. The van der Waals surface area contributed by atoms with E-state index in [0.29, 0.717) is 17.5 Å². The van der Waals surface area contributed by atoms with Crippen molar-refractivity contribution in [1.82, 2.24) is 19.8 Å². The molecule has 0 unspecified atom stereocenters. The van der Waals surface area contributed by atoms with Gasteiger partial charge in [0.1, 0.15) is 5.82 Å². The third-order valence-corrected chi connectivity index (χ3v) is 2.16. The summed E-state index contributed by atoms with van der Waals surface area (Å²) < 4.78 is 38.4. The van der Waals surface area contributed by atoms with Gasteiger partial charge >= 0.3 is 6.18 Å². The van der Waals surface area contributed by atoms with E-state index < -0.39 is 12.0 Å². The molecule has 0 saturated carbocycles. The predicted octanol–water partition coefficient (Wildman–Crippen LogP) is 0.937. The number of rotatable bonds is 4. The Morgan fingerprint density at radius 2 is 2.06 bits per heavy atom. The minimum absolute atomic E-state index is 0.00429. The average Bonchev–Trinajstić information content (AvgIpc) is 2.72. The van der Waals surface area contributed by atoms with Crippen molar-refractivity contribution in [3.05, 3.63) is 18.0 Å². The van der Waals surface area contributed by atoms with Gasteiger partial charge in [-0.3, -0.25) is 0 Å². The Hall–Kier alpha value is -1.90. The molecule has 2 aromatic heterocycles. The van der Waals surface area contributed by atoms with Crippen LogP contribution in [0.3, 0.4) is 0 Å². The predicted molar refractivity (Wildman–Crippen MR) is 56.0 cm³/mol. The van der Waals surface area contributed by atoms with E-state index in [-0.39, 0.29) is 18.1 Å². The van der Waals surface area contributed by atoms with Crippen LogP contribution in [-0.4, -0.2) is 38.1 Å². The normalized spacial score (nSPS) is 12.0. The summed E-state index contributed by atoms with van der Waals surface area (Å²) in [7, 11) is 0. The molecular weight excluding hydrogens is 251 g/mol. The first-order chi connectivity index (χ1) is 8.52. The summed E-state index contributed by atoms with van der Waals surface area (Å²) in [6.45, 7) is 0.411. The highest BCUT2D eigenvalue weighted by molar-refractivity contribution is 5.44. The van der Waals surface area contributed by atoms with Crippen LogP contribution in [0, 0.1) is 0 Å². The summed E-state index contributed by atoms with van der Waals surface area (Å²) in [4.78, 5) is 0. The van der Waals surface area contributed by atoms with Crippen LogP contribution in [0.15, 0.2) is 12.1 Å². The van der Waals surface area contributed by atoms with Crippen LogP contribution in [0.25, 0.3) is 5.65 Å². The lowest BCUT2D eigenvalue weighted by Gasteiger charge is -2.06. The molecule has 0 atom stereocenters. The Bertz CT molecular complexity index is 538. The number of anilines is 1. The second-order valence-electron chi connectivity index (χ2n) is 3.51. The number of fused-ring (bicyclic) bond motifs is 1. The van der Waals surface area contributed by atoms with E-state index in [2.05, 4.69) is 20.6 Å². The third-order valence-electron chi connectivity index (χ3n) is 2.16. The number of nitrogens with zero attached hydrogens (tertiary/aromatic N) is 4. The summed E-state index contributed by atoms with van der Waals surface area (Å²) in [5, 5.41) is 21.6. The number of nitrogens with one attached hydrogen (secondary N) is 1. The lowest BCUT2D eigenvalue weighted by atomic mass is 10.4. The molecule has 18 heavy (non-hydrogen) atoms. The average molecular weight is 261 g/mol. The van der Waals surface area contributed by atoms with Gasteiger partial charge in [-0.05, 0) is 18.6 Å². The van der Waals surface area contributed by atoms with Crippen LogP contribution in [0.2, 0.25) is 0 Å². The Kier molecular flexibility index (Phi) is 3.32. The fraction of sp³-hybridized carbons (Fsp3) is 0.444. The molecule has 0 aliphatic carbocycles. The van der Waals surface area contributed by atoms with Crippen LogP contribution in [0.5, 0.6) is 0 Å². The zero-order valence-electron chi connectivity index (χ0n) is 9.15. The van der Waals surface area contributed by atoms with Gasteiger partial charge in [-0.2, -0.15) is 17.7 Å². The van der Waals surface area contributed by atoms with Crippen molar-refractivity contribution in [2.45, 2.75) is 12.6 Å². The monoisotopic (exact) mass is 261 g/mol. The summed E-state index contributed by atoms with van der Waals surface area (Å²) >= 11 is 0. The maximum Gasteiger partial charge on any atom is 0.453 e. The van der Waals surface area contributed by atoms with E-state index in [9.17, 15) is 13.2 Å². The summed E-state index contributed by atoms with van der Waals surface area (Å²) in [6, 6.07) is 2.89. The molecule has 0 fully saturated rings. The maximum atomic E-state index is 12.6. The molecule has 6 nitrogen and oxygen atoms in total. The highest BCUT2D eigenvalue weighted by Crippen LogP contribution is 2.27. The number of hydrogen-bond acceptors (Lipinski definition) is 5. The zero-order valence-corrected chi connectivity index (χ0v) is 9.15. The molecule has 0 amide bonds. The fourth-order valence-electron chi connectivity index (χ4n) is 1.36. The van der Waals surface area contributed by atoms with Gasteiger partial charge in [-0.15, -0.1) is 15.3 Å². The molecule has 2 rings (SSSR count). The number of hydrogen-bond donors (Lipinski definition) is 2. The van der Waals surface area contributed by atoms with Crippen LogP contribution >= 0.6 is 0 Å². The number of halogens is 3. The van der Waals surface area contributed by atoms with E-state index in [0.717, 1.165) is 0 Å². The molecule has 2 heterocycles. The molecule has 0 aliphatic rings. The van der Waals surface area contributed by atoms with Crippen LogP contribution < -0.4 is 5.32 Å². The highest BCUT2D eigenvalue weighted by Gasteiger charge is 2.37. The first-order valence-corrected chi connectivity index (χ1v) is 5.17. The van der Waals surface area contributed by atoms with E-state index in [1.807, 2.05) is 0 Å². The summed E-state index contributed by atoms with van der Waals surface area (Å²) in [6.07, 6.45) is -4.12. The molecule has 0 aromatic carbocycles. The highest BCUT2D eigenvalue weighted by atomic mass is 19.4. The van der Waals surface area contributed by atoms with Crippen molar-refractivity contribution >= 4 is 11.5 Å². The van der Waals surface area contributed by atoms with Gasteiger partial charge in [0.2, 0.25) is 0 Å². The molecular formula is C9H10F3N5O. The number of aliphatic hydroxyl groups excluding tert-OH is 1. The third kappa shape index (κ3) is 2.50. The Balaban J connectivity index is 2.31. The molecule has 98 valence electrons. The van der Waals surface area contributed by atoms with Gasteiger partial charge < -0.3 is 10.4 Å². The van der Waals surface area contributed by atoms with Crippen molar-refractivity contribution in [2.75, 3.05) is 18.5 Å². The van der Waals surface area contributed by atoms with Crippen LogP contribution in [-0.2, 0) is 6.18 Å². The van der Waals surface area contributed by atoms with E-state index in [1.165, 1.54) is 12.1 Å². The van der Waals surface area contributed by atoms with E-state index in [1.54, 1.807) is 0 Å². The topological polar surface area (TPSA) is 75.3 Å². The molecule has 9 heteroatoms. The second kappa shape index (κ2) is 4.77. The van der Waals surface area contributed by atoms with E-state index in [4.69, 9.17) is 5.11 Å². The molecule has 2 aromatic rings. The smallest absolute Gasteiger partial charge is 0.396 e. The molecule has 0 aliphatic heterocycles. The van der Waals surface area contributed by atoms with Crippen molar-refractivity contribution in [2.24, 2.45) is 0 Å².